The minimum absolute atomic E-state index is 0.237. The number of ether oxygens (including phenoxy) is 2. The van der Waals surface area contributed by atoms with Crippen molar-refractivity contribution in [2.24, 2.45) is 0 Å². The third kappa shape index (κ3) is 3.62. The smallest absolute Gasteiger partial charge is 0.231 e. The van der Waals surface area contributed by atoms with Gasteiger partial charge in [0.25, 0.3) is 0 Å². The maximum absolute atomic E-state index is 6.29. The van der Waals surface area contributed by atoms with E-state index >= 15 is 0 Å². The van der Waals surface area contributed by atoms with Crippen LogP contribution in [-0.4, -0.2) is 16.8 Å². The third-order valence-corrected chi connectivity index (χ3v) is 5.00. The zero-order chi connectivity index (χ0) is 19.6. The minimum atomic E-state index is 0.237. The Bertz CT molecular complexity index is 1200. The molecule has 29 heavy (non-hydrogen) atoms. The van der Waals surface area contributed by atoms with Crippen molar-refractivity contribution in [1.29, 1.82) is 0 Å². The molecule has 5 rings (SSSR count). The predicted molar refractivity (Wildman–Crippen MR) is 114 cm³/mol. The van der Waals surface area contributed by atoms with E-state index in [0.29, 0.717) is 18.2 Å². The van der Waals surface area contributed by atoms with Crippen molar-refractivity contribution >= 4 is 40.0 Å². The zero-order valence-electron chi connectivity index (χ0n) is 15.4. The average molecular weight is 405 g/mol. The van der Waals surface area contributed by atoms with Crippen LogP contribution in [0.3, 0.4) is 0 Å². The molecule has 1 aromatic heterocycles. The average Bonchev–Trinajstić information content (AvgIpc) is 3.21. The van der Waals surface area contributed by atoms with E-state index in [9.17, 15) is 0 Å². The first-order valence-electron chi connectivity index (χ1n) is 9.17. The van der Waals surface area contributed by atoms with Gasteiger partial charge >= 0.3 is 0 Å². The lowest BCUT2D eigenvalue weighted by atomic mass is 10.2. The van der Waals surface area contributed by atoms with E-state index in [4.69, 9.17) is 21.1 Å². The van der Waals surface area contributed by atoms with E-state index in [1.54, 1.807) is 0 Å². The summed E-state index contributed by atoms with van der Waals surface area (Å²) in [6.45, 7) is 0.797. The van der Waals surface area contributed by atoms with Crippen LogP contribution in [0.2, 0.25) is 5.02 Å². The number of benzene rings is 3. The van der Waals surface area contributed by atoms with Gasteiger partial charge < -0.3 is 20.1 Å². The van der Waals surface area contributed by atoms with Crippen molar-refractivity contribution in [3.63, 3.8) is 0 Å². The molecule has 0 saturated heterocycles. The minimum Gasteiger partial charge on any atom is -0.454 e. The van der Waals surface area contributed by atoms with Crippen molar-refractivity contribution in [3.8, 4) is 11.5 Å². The monoisotopic (exact) mass is 404 g/mol. The van der Waals surface area contributed by atoms with Crippen LogP contribution in [0.5, 0.6) is 11.5 Å². The summed E-state index contributed by atoms with van der Waals surface area (Å²) in [7, 11) is 0. The standard InChI is InChI=1S/C22H17ClN4O2/c23-17-7-3-1-5-14(17)12-24-21-16-6-2-4-8-18(16)26-22(27-21)25-15-9-10-19-20(11-15)29-13-28-19/h1-11H,12-13H2,(H2,24,25,26,27). The molecule has 0 aliphatic carbocycles. The normalized spacial score (nSPS) is 12.2. The van der Waals surface area contributed by atoms with Crippen LogP contribution in [0, 0.1) is 0 Å². The summed E-state index contributed by atoms with van der Waals surface area (Å²) in [6, 6.07) is 21.3. The molecule has 1 aliphatic heterocycles. The molecule has 0 radical (unpaired) electrons. The first-order valence-corrected chi connectivity index (χ1v) is 9.55. The van der Waals surface area contributed by atoms with E-state index in [2.05, 4.69) is 20.6 Å². The zero-order valence-corrected chi connectivity index (χ0v) is 16.1. The highest BCUT2D eigenvalue weighted by Crippen LogP contribution is 2.35. The van der Waals surface area contributed by atoms with E-state index in [1.165, 1.54) is 0 Å². The lowest BCUT2D eigenvalue weighted by Crippen LogP contribution is -2.06. The fourth-order valence-corrected chi connectivity index (χ4v) is 3.39. The molecule has 0 amide bonds. The van der Waals surface area contributed by atoms with Crippen LogP contribution < -0.4 is 20.1 Å². The molecule has 1 aliphatic rings. The Kier molecular flexibility index (Phi) is 4.54. The number of hydrogen-bond acceptors (Lipinski definition) is 6. The van der Waals surface area contributed by atoms with Crippen LogP contribution >= 0.6 is 11.6 Å². The summed E-state index contributed by atoms with van der Waals surface area (Å²) < 4.78 is 10.8. The molecule has 6 nitrogen and oxygen atoms in total. The van der Waals surface area contributed by atoms with Gasteiger partial charge in [0.2, 0.25) is 12.7 Å². The fraction of sp³-hybridized carbons (Fsp3) is 0.0909. The summed E-state index contributed by atoms with van der Waals surface area (Å²) in [5, 5.41) is 8.30. The molecule has 2 heterocycles. The van der Waals surface area contributed by atoms with Gasteiger partial charge in [0, 0.05) is 28.7 Å². The van der Waals surface area contributed by atoms with Gasteiger partial charge in [0.05, 0.1) is 5.52 Å². The Balaban J connectivity index is 1.46. The van der Waals surface area contributed by atoms with Crippen molar-refractivity contribution in [1.82, 2.24) is 9.97 Å². The quantitative estimate of drug-likeness (QED) is 0.466. The molecule has 0 saturated carbocycles. The molecule has 7 heteroatoms. The van der Waals surface area contributed by atoms with E-state index in [0.717, 1.165) is 38.7 Å². The van der Waals surface area contributed by atoms with E-state index in [-0.39, 0.29) is 6.79 Å². The second-order valence-electron chi connectivity index (χ2n) is 6.55. The summed E-state index contributed by atoms with van der Waals surface area (Å²) in [5.74, 6) is 2.66. The second kappa shape index (κ2) is 7.48. The Morgan fingerprint density at radius 2 is 1.72 bits per heavy atom. The van der Waals surface area contributed by atoms with Crippen LogP contribution in [0.15, 0.2) is 66.7 Å². The highest BCUT2D eigenvalue weighted by molar-refractivity contribution is 6.31. The van der Waals surface area contributed by atoms with Gasteiger partial charge in [-0.3, -0.25) is 0 Å². The molecule has 4 aromatic rings. The Morgan fingerprint density at radius 1 is 0.897 bits per heavy atom. The highest BCUT2D eigenvalue weighted by Gasteiger charge is 2.14. The van der Waals surface area contributed by atoms with Gasteiger partial charge in [-0.05, 0) is 35.9 Å². The summed E-state index contributed by atoms with van der Waals surface area (Å²) >= 11 is 6.29. The molecule has 0 spiro atoms. The first kappa shape index (κ1) is 17.6. The number of halogens is 1. The molecule has 0 fully saturated rings. The van der Waals surface area contributed by atoms with Gasteiger partial charge in [-0.1, -0.05) is 41.9 Å². The first-order chi connectivity index (χ1) is 14.3. The summed E-state index contributed by atoms with van der Waals surface area (Å²) in [4.78, 5) is 9.32. The van der Waals surface area contributed by atoms with Crippen LogP contribution in [0.1, 0.15) is 5.56 Å². The van der Waals surface area contributed by atoms with Crippen molar-refractivity contribution < 1.29 is 9.47 Å². The molecular formula is C22H17ClN4O2. The van der Waals surface area contributed by atoms with Gasteiger partial charge in [-0.25, -0.2) is 4.98 Å². The molecule has 0 unspecified atom stereocenters. The number of nitrogens with zero attached hydrogens (tertiary/aromatic N) is 2. The van der Waals surface area contributed by atoms with Crippen LogP contribution in [-0.2, 0) is 6.54 Å². The largest absolute Gasteiger partial charge is 0.454 e. The molecule has 0 atom stereocenters. The fourth-order valence-electron chi connectivity index (χ4n) is 3.19. The topological polar surface area (TPSA) is 68.3 Å². The predicted octanol–water partition coefficient (Wildman–Crippen LogP) is 5.37. The van der Waals surface area contributed by atoms with Gasteiger partial charge in [-0.2, -0.15) is 4.98 Å². The Morgan fingerprint density at radius 3 is 2.66 bits per heavy atom. The molecule has 2 N–H and O–H groups in total. The number of aromatic nitrogens is 2. The number of fused-ring (bicyclic) bond motifs is 2. The molecule has 144 valence electrons. The Hall–Kier alpha value is -3.51. The lowest BCUT2D eigenvalue weighted by molar-refractivity contribution is 0.174. The summed E-state index contributed by atoms with van der Waals surface area (Å²) in [5.41, 5.74) is 2.66. The maximum atomic E-state index is 6.29. The van der Waals surface area contributed by atoms with Crippen molar-refractivity contribution in [2.75, 3.05) is 17.4 Å². The van der Waals surface area contributed by atoms with Crippen LogP contribution in [0.4, 0.5) is 17.5 Å². The number of anilines is 3. The van der Waals surface area contributed by atoms with E-state index in [1.807, 2.05) is 66.7 Å². The molecular weight excluding hydrogens is 388 g/mol. The molecule has 3 aromatic carbocycles. The third-order valence-electron chi connectivity index (χ3n) is 4.64. The number of rotatable bonds is 5. The lowest BCUT2D eigenvalue weighted by Gasteiger charge is -2.13. The summed E-state index contributed by atoms with van der Waals surface area (Å²) in [6.07, 6.45) is 0. The Labute approximate surface area is 172 Å². The van der Waals surface area contributed by atoms with Gasteiger partial charge in [-0.15, -0.1) is 0 Å². The van der Waals surface area contributed by atoms with Crippen molar-refractivity contribution in [3.05, 3.63) is 77.3 Å². The number of nitrogens with one attached hydrogen (secondary N) is 2. The molecule has 0 bridgehead atoms. The number of para-hydroxylation sites is 1. The number of hydrogen-bond donors (Lipinski definition) is 2. The maximum Gasteiger partial charge on any atom is 0.231 e. The van der Waals surface area contributed by atoms with Gasteiger partial charge in [0.15, 0.2) is 11.5 Å². The highest BCUT2D eigenvalue weighted by atomic mass is 35.5. The second-order valence-corrected chi connectivity index (χ2v) is 6.96. The van der Waals surface area contributed by atoms with Crippen molar-refractivity contribution in [2.45, 2.75) is 6.54 Å². The van der Waals surface area contributed by atoms with E-state index < -0.39 is 0 Å². The van der Waals surface area contributed by atoms with Gasteiger partial charge in [0.1, 0.15) is 5.82 Å². The SMILES string of the molecule is Clc1ccccc1CNc1nc(Nc2ccc3c(c2)OCO3)nc2ccccc12. The van der Waals surface area contributed by atoms with Crippen LogP contribution in [0.25, 0.3) is 10.9 Å².